The molecule has 4 rings (SSSR count). The highest BCUT2D eigenvalue weighted by Gasteiger charge is 2.20. The number of aromatic nitrogens is 2. The Morgan fingerprint density at radius 2 is 1.97 bits per heavy atom. The minimum Gasteiger partial charge on any atom is -0.408 e. The van der Waals surface area contributed by atoms with Gasteiger partial charge in [-0.1, -0.05) is 19.3 Å². The van der Waals surface area contributed by atoms with E-state index in [4.69, 9.17) is 4.42 Å². The van der Waals surface area contributed by atoms with Gasteiger partial charge < -0.3 is 14.3 Å². The third-order valence-corrected chi connectivity index (χ3v) is 6.18. The second-order valence-electron chi connectivity index (χ2n) is 8.22. The summed E-state index contributed by atoms with van der Waals surface area (Å²) in [4.78, 5) is 24.4. The van der Waals surface area contributed by atoms with E-state index in [0.717, 1.165) is 17.0 Å². The third kappa shape index (κ3) is 3.93. The zero-order valence-corrected chi connectivity index (χ0v) is 18.1. The fraction of sp³-hybridized carbons (Fsp3) is 0.375. The van der Waals surface area contributed by atoms with Crippen LogP contribution in [0.5, 0.6) is 0 Å². The van der Waals surface area contributed by atoms with Gasteiger partial charge in [0.05, 0.1) is 5.52 Å². The van der Waals surface area contributed by atoms with Crippen molar-refractivity contribution in [3.8, 4) is 6.07 Å². The molecular formula is C24H26N4O3. The van der Waals surface area contributed by atoms with E-state index < -0.39 is 11.7 Å². The standard InChI is InChI=1S/C24H26N4O3/c1-15-11-17(16(2)28(15)20-7-5-4-6-8-20)12-18(14-25)23(29)26-19-9-10-21-22(13-19)31-24(30)27(21)3/h9-13,20H,4-8H2,1-3H3,(H,26,29)/b18-12-. The van der Waals surface area contributed by atoms with Gasteiger partial charge in [-0.05, 0) is 56.5 Å². The van der Waals surface area contributed by atoms with Crippen molar-refractivity contribution in [1.29, 1.82) is 5.26 Å². The van der Waals surface area contributed by atoms with Crippen LogP contribution in [0.1, 0.15) is 55.1 Å². The van der Waals surface area contributed by atoms with Crippen LogP contribution in [0.2, 0.25) is 0 Å². The smallest absolute Gasteiger partial charge is 0.408 e. The largest absolute Gasteiger partial charge is 0.419 e. The first-order chi connectivity index (χ1) is 14.9. The summed E-state index contributed by atoms with van der Waals surface area (Å²) in [6, 6.07) is 9.51. The van der Waals surface area contributed by atoms with E-state index in [1.54, 1.807) is 31.3 Å². The molecule has 0 spiro atoms. The van der Waals surface area contributed by atoms with Crippen molar-refractivity contribution in [2.45, 2.75) is 52.0 Å². The molecule has 1 amide bonds. The Morgan fingerprint density at radius 1 is 1.23 bits per heavy atom. The topological polar surface area (TPSA) is 93.0 Å². The lowest BCUT2D eigenvalue weighted by Gasteiger charge is -2.26. The Morgan fingerprint density at radius 3 is 2.68 bits per heavy atom. The third-order valence-electron chi connectivity index (χ3n) is 6.18. The first-order valence-corrected chi connectivity index (χ1v) is 10.6. The zero-order valence-electron chi connectivity index (χ0n) is 18.1. The molecule has 1 N–H and O–H groups in total. The lowest BCUT2D eigenvalue weighted by Crippen LogP contribution is -2.15. The van der Waals surface area contributed by atoms with Gasteiger partial charge in [-0.25, -0.2) is 4.79 Å². The Labute approximate surface area is 180 Å². The van der Waals surface area contributed by atoms with Crippen LogP contribution in [-0.2, 0) is 11.8 Å². The Balaban J connectivity index is 1.59. The summed E-state index contributed by atoms with van der Waals surface area (Å²) in [6.45, 7) is 4.12. The van der Waals surface area contributed by atoms with E-state index in [1.165, 1.54) is 36.7 Å². The van der Waals surface area contributed by atoms with Gasteiger partial charge >= 0.3 is 5.76 Å². The van der Waals surface area contributed by atoms with E-state index in [0.29, 0.717) is 22.8 Å². The molecule has 2 heterocycles. The van der Waals surface area contributed by atoms with E-state index >= 15 is 0 Å². The molecule has 2 aromatic heterocycles. The number of fused-ring (bicyclic) bond motifs is 1. The number of oxazole rings is 1. The van der Waals surface area contributed by atoms with E-state index in [2.05, 4.69) is 16.8 Å². The van der Waals surface area contributed by atoms with Crippen LogP contribution in [-0.4, -0.2) is 15.0 Å². The summed E-state index contributed by atoms with van der Waals surface area (Å²) in [7, 11) is 1.62. The summed E-state index contributed by atoms with van der Waals surface area (Å²) < 4.78 is 8.91. The zero-order chi connectivity index (χ0) is 22.1. The molecule has 1 fully saturated rings. The highest BCUT2D eigenvalue weighted by atomic mass is 16.4. The number of nitrogens with zero attached hydrogens (tertiary/aromatic N) is 3. The van der Waals surface area contributed by atoms with Gasteiger partial charge in [0.15, 0.2) is 5.58 Å². The maximum absolute atomic E-state index is 12.8. The predicted octanol–water partition coefficient (Wildman–Crippen LogP) is 4.60. The van der Waals surface area contributed by atoms with Gasteiger partial charge in [-0.3, -0.25) is 9.36 Å². The number of benzene rings is 1. The van der Waals surface area contributed by atoms with Crippen molar-refractivity contribution in [3.63, 3.8) is 0 Å². The van der Waals surface area contributed by atoms with Gasteiger partial charge in [0.2, 0.25) is 0 Å². The second kappa shape index (κ2) is 8.31. The van der Waals surface area contributed by atoms with Crippen molar-refractivity contribution in [2.24, 2.45) is 7.05 Å². The number of nitrogens with one attached hydrogen (secondary N) is 1. The number of hydrogen-bond acceptors (Lipinski definition) is 4. The van der Waals surface area contributed by atoms with Gasteiger partial charge in [-0.2, -0.15) is 5.26 Å². The monoisotopic (exact) mass is 418 g/mol. The van der Waals surface area contributed by atoms with Crippen molar-refractivity contribution in [1.82, 2.24) is 9.13 Å². The molecule has 160 valence electrons. The van der Waals surface area contributed by atoms with Gasteiger partial charge in [0.1, 0.15) is 11.6 Å². The Hall–Kier alpha value is -3.53. The first kappa shape index (κ1) is 20.7. The summed E-state index contributed by atoms with van der Waals surface area (Å²) in [6.07, 6.45) is 7.76. The van der Waals surface area contributed by atoms with Crippen LogP contribution in [0.15, 0.2) is 39.1 Å². The molecule has 7 nitrogen and oxygen atoms in total. The lowest BCUT2D eigenvalue weighted by atomic mass is 9.95. The molecule has 0 unspecified atom stereocenters. The van der Waals surface area contributed by atoms with Crippen molar-refractivity contribution < 1.29 is 9.21 Å². The highest BCUT2D eigenvalue weighted by Crippen LogP contribution is 2.32. The number of carbonyl (C=O) groups excluding carboxylic acids is 1. The molecule has 31 heavy (non-hydrogen) atoms. The van der Waals surface area contributed by atoms with Crippen molar-refractivity contribution in [2.75, 3.05) is 5.32 Å². The highest BCUT2D eigenvalue weighted by molar-refractivity contribution is 6.10. The van der Waals surface area contributed by atoms with Crippen molar-refractivity contribution in [3.05, 3.63) is 57.3 Å². The molecule has 1 aliphatic carbocycles. The molecule has 7 heteroatoms. The molecule has 0 atom stereocenters. The first-order valence-electron chi connectivity index (χ1n) is 10.6. The molecule has 1 saturated carbocycles. The van der Waals surface area contributed by atoms with Crippen LogP contribution in [0.4, 0.5) is 5.69 Å². The molecule has 0 radical (unpaired) electrons. The summed E-state index contributed by atoms with van der Waals surface area (Å²) in [5, 5.41) is 12.3. The molecule has 0 bridgehead atoms. The summed E-state index contributed by atoms with van der Waals surface area (Å²) >= 11 is 0. The van der Waals surface area contributed by atoms with Crippen LogP contribution in [0.3, 0.4) is 0 Å². The number of nitriles is 1. The normalized spacial score (nSPS) is 15.2. The maximum Gasteiger partial charge on any atom is 0.419 e. The van der Waals surface area contributed by atoms with Crippen LogP contribution >= 0.6 is 0 Å². The fourth-order valence-electron chi connectivity index (χ4n) is 4.56. The molecular weight excluding hydrogens is 392 g/mol. The lowest BCUT2D eigenvalue weighted by molar-refractivity contribution is -0.112. The molecule has 1 aromatic carbocycles. The fourth-order valence-corrected chi connectivity index (χ4v) is 4.56. The second-order valence-corrected chi connectivity index (χ2v) is 8.22. The Kier molecular flexibility index (Phi) is 5.55. The van der Waals surface area contributed by atoms with Gasteiger partial charge in [-0.15, -0.1) is 0 Å². The average molecular weight is 418 g/mol. The van der Waals surface area contributed by atoms with E-state index in [1.807, 2.05) is 19.1 Å². The van der Waals surface area contributed by atoms with E-state index in [-0.39, 0.29) is 5.57 Å². The average Bonchev–Trinajstić information content (AvgIpc) is 3.20. The van der Waals surface area contributed by atoms with Crippen LogP contribution in [0.25, 0.3) is 17.2 Å². The van der Waals surface area contributed by atoms with Crippen LogP contribution < -0.4 is 11.1 Å². The SMILES string of the molecule is Cc1cc(/C=C(/C#N)C(=O)Nc2ccc3c(c2)oc(=O)n3C)c(C)n1C1CCCCC1. The van der Waals surface area contributed by atoms with Gasteiger partial charge in [0, 0.05) is 36.2 Å². The molecule has 0 aliphatic heterocycles. The van der Waals surface area contributed by atoms with E-state index in [9.17, 15) is 14.9 Å². The molecule has 0 saturated heterocycles. The molecule has 3 aromatic rings. The quantitative estimate of drug-likeness (QED) is 0.495. The summed E-state index contributed by atoms with van der Waals surface area (Å²) in [5.41, 5.74) is 4.62. The number of rotatable bonds is 4. The minimum absolute atomic E-state index is 0.0264. The molecule has 1 aliphatic rings. The number of carbonyl (C=O) groups is 1. The van der Waals surface area contributed by atoms with Gasteiger partial charge in [0.25, 0.3) is 5.91 Å². The number of amides is 1. The number of hydrogen-bond donors (Lipinski definition) is 1. The predicted molar refractivity (Wildman–Crippen MR) is 120 cm³/mol. The van der Waals surface area contributed by atoms with Crippen molar-refractivity contribution >= 4 is 28.8 Å². The summed E-state index contributed by atoms with van der Waals surface area (Å²) in [5.74, 6) is -0.966. The number of aryl methyl sites for hydroxylation is 2. The van der Waals surface area contributed by atoms with Crippen LogP contribution in [0, 0.1) is 25.2 Å². The number of anilines is 1. The minimum atomic E-state index is -0.498. The maximum atomic E-state index is 12.8. The Bertz CT molecular complexity index is 1280.